The number of rotatable bonds is 7. The second kappa shape index (κ2) is 10.5. The molecule has 0 aromatic heterocycles. The van der Waals surface area contributed by atoms with Crippen molar-refractivity contribution in [2.24, 2.45) is 0 Å². The monoisotopic (exact) mass is 342 g/mol. The van der Waals surface area contributed by atoms with Crippen LogP contribution in [-0.2, 0) is 9.53 Å². The van der Waals surface area contributed by atoms with Crippen molar-refractivity contribution < 1.29 is 14.3 Å². The van der Waals surface area contributed by atoms with Gasteiger partial charge >= 0.3 is 0 Å². The SMILES string of the molecule is CCCCOCC(=O)N1CCNCC1c1ccccc1OC.Cl. The number of nitrogens with one attached hydrogen (secondary N) is 1. The summed E-state index contributed by atoms with van der Waals surface area (Å²) in [5.41, 5.74) is 1.04. The zero-order valence-corrected chi connectivity index (χ0v) is 14.7. The predicted octanol–water partition coefficient (Wildman–Crippen LogP) is 2.41. The van der Waals surface area contributed by atoms with Gasteiger partial charge in [0.25, 0.3) is 0 Å². The van der Waals surface area contributed by atoms with Crippen LogP contribution in [0, 0.1) is 0 Å². The maximum Gasteiger partial charge on any atom is 0.249 e. The minimum Gasteiger partial charge on any atom is -0.496 e. The van der Waals surface area contributed by atoms with Crippen LogP contribution in [0.1, 0.15) is 31.4 Å². The summed E-state index contributed by atoms with van der Waals surface area (Å²) < 4.78 is 10.9. The lowest BCUT2D eigenvalue weighted by atomic mass is 10.0. The summed E-state index contributed by atoms with van der Waals surface area (Å²) in [6.07, 6.45) is 2.07. The Morgan fingerprint density at radius 1 is 1.39 bits per heavy atom. The Kier molecular flexibility index (Phi) is 8.99. The van der Waals surface area contributed by atoms with Gasteiger partial charge in [-0.15, -0.1) is 12.4 Å². The van der Waals surface area contributed by atoms with Crippen molar-refractivity contribution in [1.82, 2.24) is 10.2 Å². The summed E-state index contributed by atoms with van der Waals surface area (Å²) in [5, 5.41) is 3.36. The molecule has 0 spiro atoms. The molecule has 1 fully saturated rings. The van der Waals surface area contributed by atoms with Crippen molar-refractivity contribution in [2.45, 2.75) is 25.8 Å². The highest BCUT2D eigenvalue weighted by molar-refractivity contribution is 5.85. The molecule has 6 heteroatoms. The number of carbonyl (C=O) groups excluding carboxylic acids is 1. The lowest BCUT2D eigenvalue weighted by Crippen LogP contribution is -2.49. The van der Waals surface area contributed by atoms with Crippen molar-refractivity contribution in [3.05, 3.63) is 29.8 Å². The van der Waals surface area contributed by atoms with E-state index in [9.17, 15) is 4.79 Å². The first kappa shape index (κ1) is 19.7. The summed E-state index contributed by atoms with van der Waals surface area (Å²) in [6, 6.07) is 7.87. The molecule has 1 unspecified atom stereocenters. The van der Waals surface area contributed by atoms with Gasteiger partial charge in [-0.25, -0.2) is 0 Å². The first-order valence-electron chi connectivity index (χ1n) is 7.98. The lowest BCUT2D eigenvalue weighted by Gasteiger charge is -2.37. The van der Waals surface area contributed by atoms with Crippen LogP contribution in [0.2, 0.25) is 0 Å². The highest BCUT2D eigenvalue weighted by atomic mass is 35.5. The zero-order chi connectivity index (χ0) is 15.8. The van der Waals surface area contributed by atoms with E-state index in [2.05, 4.69) is 12.2 Å². The van der Waals surface area contributed by atoms with E-state index in [0.717, 1.165) is 37.2 Å². The third kappa shape index (κ3) is 5.37. The molecule has 0 aliphatic carbocycles. The largest absolute Gasteiger partial charge is 0.496 e. The van der Waals surface area contributed by atoms with Gasteiger partial charge in [0.15, 0.2) is 0 Å². The number of halogens is 1. The molecular formula is C17H27ClN2O3. The summed E-state index contributed by atoms with van der Waals surface area (Å²) >= 11 is 0. The van der Waals surface area contributed by atoms with Crippen molar-refractivity contribution >= 4 is 18.3 Å². The molecule has 1 aromatic carbocycles. The maximum atomic E-state index is 12.5. The standard InChI is InChI=1S/C17H26N2O3.ClH/c1-3-4-11-22-13-17(20)19-10-9-18-12-15(19)14-7-5-6-8-16(14)21-2;/h5-8,15,18H,3-4,9-13H2,1-2H3;1H. The molecule has 1 N–H and O–H groups in total. The van der Waals surface area contributed by atoms with Gasteiger partial charge < -0.3 is 19.7 Å². The number of piperazine rings is 1. The van der Waals surface area contributed by atoms with E-state index in [1.807, 2.05) is 29.2 Å². The summed E-state index contributed by atoms with van der Waals surface area (Å²) in [6.45, 7) is 5.16. The minimum atomic E-state index is -0.00725. The van der Waals surface area contributed by atoms with Crippen molar-refractivity contribution in [3.8, 4) is 5.75 Å². The summed E-state index contributed by atoms with van der Waals surface area (Å²) in [4.78, 5) is 14.4. The number of hydrogen-bond acceptors (Lipinski definition) is 4. The molecule has 23 heavy (non-hydrogen) atoms. The Morgan fingerprint density at radius 3 is 2.91 bits per heavy atom. The van der Waals surface area contributed by atoms with Gasteiger partial charge in [0.2, 0.25) is 5.91 Å². The third-order valence-corrected chi connectivity index (χ3v) is 3.93. The molecule has 130 valence electrons. The fraction of sp³-hybridized carbons (Fsp3) is 0.588. The van der Waals surface area contributed by atoms with Crippen molar-refractivity contribution in [3.63, 3.8) is 0 Å². The van der Waals surface area contributed by atoms with E-state index in [4.69, 9.17) is 9.47 Å². The van der Waals surface area contributed by atoms with Crippen LogP contribution in [0.15, 0.2) is 24.3 Å². The van der Waals surface area contributed by atoms with E-state index in [1.54, 1.807) is 7.11 Å². The highest BCUT2D eigenvalue weighted by Gasteiger charge is 2.29. The fourth-order valence-electron chi connectivity index (χ4n) is 2.71. The topological polar surface area (TPSA) is 50.8 Å². The normalized spacial score (nSPS) is 17.5. The van der Waals surface area contributed by atoms with Gasteiger partial charge in [-0.1, -0.05) is 31.5 Å². The first-order valence-corrected chi connectivity index (χ1v) is 7.98. The van der Waals surface area contributed by atoms with E-state index in [1.165, 1.54) is 0 Å². The Labute approximate surface area is 144 Å². The molecule has 0 saturated carbocycles. The number of hydrogen-bond donors (Lipinski definition) is 1. The Morgan fingerprint density at radius 2 is 2.17 bits per heavy atom. The van der Waals surface area contributed by atoms with Gasteiger partial charge in [-0.3, -0.25) is 4.79 Å². The number of ether oxygens (including phenoxy) is 2. The average molecular weight is 343 g/mol. The van der Waals surface area contributed by atoms with Gasteiger partial charge in [0.05, 0.1) is 13.2 Å². The Balaban J connectivity index is 0.00000264. The van der Waals surface area contributed by atoms with Crippen LogP contribution < -0.4 is 10.1 Å². The molecule has 1 amide bonds. The maximum absolute atomic E-state index is 12.5. The molecule has 5 nitrogen and oxygen atoms in total. The number of nitrogens with zero attached hydrogens (tertiary/aromatic N) is 1. The molecule has 1 atom stereocenters. The second-order valence-corrected chi connectivity index (χ2v) is 5.46. The molecule has 0 radical (unpaired) electrons. The van der Waals surface area contributed by atoms with E-state index in [0.29, 0.717) is 13.2 Å². The van der Waals surface area contributed by atoms with E-state index in [-0.39, 0.29) is 31.0 Å². The number of para-hydroxylation sites is 1. The molecule has 1 saturated heterocycles. The van der Waals surface area contributed by atoms with E-state index < -0.39 is 0 Å². The zero-order valence-electron chi connectivity index (χ0n) is 13.9. The van der Waals surface area contributed by atoms with Crippen LogP contribution in [0.25, 0.3) is 0 Å². The van der Waals surface area contributed by atoms with Gasteiger partial charge in [-0.05, 0) is 12.5 Å². The van der Waals surface area contributed by atoms with Crippen molar-refractivity contribution in [2.75, 3.05) is 40.0 Å². The average Bonchev–Trinajstić information content (AvgIpc) is 2.58. The van der Waals surface area contributed by atoms with E-state index >= 15 is 0 Å². The highest BCUT2D eigenvalue weighted by Crippen LogP contribution is 2.30. The van der Waals surface area contributed by atoms with Crippen molar-refractivity contribution in [1.29, 1.82) is 0 Å². The number of amides is 1. The third-order valence-electron chi connectivity index (χ3n) is 3.93. The molecular weight excluding hydrogens is 316 g/mol. The molecule has 0 bridgehead atoms. The second-order valence-electron chi connectivity index (χ2n) is 5.46. The molecule has 2 rings (SSSR count). The lowest BCUT2D eigenvalue weighted by molar-refractivity contribution is -0.139. The number of benzene rings is 1. The summed E-state index contributed by atoms with van der Waals surface area (Å²) in [7, 11) is 1.66. The van der Waals surface area contributed by atoms with Crippen LogP contribution in [-0.4, -0.2) is 50.8 Å². The van der Waals surface area contributed by atoms with Crippen LogP contribution in [0.5, 0.6) is 5.75 Å². The molecule has 1 aliphatic rings. The first-order chi connectivity index (χ1) is 10.8. The Bertz CT molecular complexity index is 485. The number of methoxy groups -OCH3 is 1. The molecule has 1 heterocycles. The van der Waals surface area contributed by atoms with Crippen LogP contribution in [0.3, 0.4) is 0 Å². The summed E-state index contributed by atoms with van der Waals surface area (Å²) in [5.74, 6) is 0.870. The predicted molar refractivity (Wildman–Crippen MR) is 93.3 cm³/mol. The number of carbonyl (C=O) groups is 1. The van der Waals surface area contributed by atoms with Gasteiger partial charge in [0, 0.05) is 31.8 Å². The van der Waals surface area contributed by atoms with Crippen LogP contribution >= 0.6 is 12.4 Å². The minimum absolute atomic E-state index is 0. The van der Waals surface area contributed by atoms with Gasteiger partial charge in [-0.2, -0.15) is 0 Å². The fourth-order valence-corrected chi connectivity index (χ4v) is 2.71. The van der Waals surface area contributed by atoms with Gasteiger partial charge in [0.1, 0.15) is 12.4 Å². The Hall–Kier alpha value is -1.30. The quantitative estimate of drug-likeness (QED) is 0.773. The molecule has 1 aromatic rings. The smallest absolute Gasteiger partial charge is 0.249 e. The van der Waals surface area contributed by atoms with Crippen LogP contribution in [0.4, 0.5) is 0 Å². The number of unbranched alkanes of at least 4 members (excludes halogenated alkanes) is 1. The molecule has 1 aliphatic heterocycles.